The second-order valence-corrected chi connectivity index (χ2v) is 5.20. The summed E-state index contributed by atoms with van der Waals surface area (Å²) >= 11 is 0. The van der Waals surface area contributed by atoms with Crippen LogP contribution in [-0.4, -0.2) is 35.5 Å². The Labute approximate surface area is 98.9 Å². The first-order chi connectivity index (χ1) is 8.24. The van der Waals surface area contributed by atoms with E-state index in [0.29, 0.717) is 18.1 Å². The Kier molecular flexibility index (Phi) is 1.86. The largest absolute Gasteiger partial charge is 0.478 e. The van der Waals surface area contributed by atoms with Crippen molar-refractivity contribution in [1.29, 1.82) is 0 Å². The summed E-state index contributed by atoms with van der Waals surface area (Å²) in [6.45, 7) is 0. The van der Waals surface area contributed by atoms with Crippen LogP contribution in [-0.2, 0) is 14.3 Å². The van der Waals surface area contributed by atoms with Gasteiger partial charge in [0, 0.05) is 5.57 Å². The lowest BCUT2D eigenvalue weighted by Crippen LogP contribution is -2.18. The van der Waals surface area contributed by atoms with Crippen molar-refractivity contribution in [2.75, 3.05) is 0 Å². The van der Waals surface area contributed by atoms with Crippen molar-refractivity contribution in [2.45, 2.75) is 50.1 Å². The molecule has 0 aromatic heterocycles. The van der Waals surface area contributed by atoms with Crippen LogP contribution in [0.25, 0.3) is 0 Å². The highest BCUT2D eigenvalue weighted by atomic mass is 16.6. The molecule has 0 aromatic rings. The van der Waals surface area contributed by atoms with Gasteiger partial charge in [-0.2, -0.15) is 0 Å². The summed E-state index contributed by atoms with van der Waals surface area (Å²) in [5.41, 5.74) is 2.69. The van der Waals surface area contributed by atoms with Gasteiger partial charge in [0.1, 0.15) is 12.2 Å². The van der Waals surface area contributed by atoms with Gasteiger partial charge in [-0.1, -0.05) is 0 Å². The Hall–Kier alpha value is -1.13. The predicted molar refractivity (Wildman–Crippen MR) is 58.5 cm³/mol. The van der Waals surface area contributed by atoms with E-state index in [0.717, 1.165) is 30.4 Å². The van der Waals surface area contributed by atoms with Crippen molar-refractivity contribution in [2.24, 2.45) is 0 Å². The fourth-order valence-corrected chi connectivity index (χ4v) is 3.15. The van der Waals surface area contributed by atoms with E-state index in [9.17, 15) is 9.90 Å². The second kappa shape index (κ2) is 3.21. The molecule has 0 radical (unpaired) electrons. The number of ether oxygens (including phenoxy) is 2. The molecule has 0 aromatic carbocycles. The number of epoxide rings is 2. The zero-order valence-corrected chi connectivity index (χ0v) is 9.39. The topological polar surface area (TPSA) is 62.4 Å². The van der Waals surface area contributed by atoms with Crippen LogP contribution in [0.2, 0.25) is 0 Å². The average Bonchev–Trinajstić information content (AvgIpc) is 3.20. The fourth-order valence-electron chi connectivity index (χ4n) is 3.15. The first kappa shape index (κ1) is 9.85. The number of rotatable bonds is 2. The maximum absolute atomic E-state index is 11.3. The third-order valence-corrected chi connectivity index (χ3v) is 4.16. The lowest BCUT2D eigenvalue weighted by Gasteiger charge is -2.18. The lowest BCUT2D eigenvalue weighted by atomic mass is 9.83. The summed E-state index contributed by atoms with van der Waals surface area (Å²) < 4.78 is 11.0. The Morgan fingerprint density at radius 1 is 1.24 bits per heavy atom. The predicted octanol–water partition coefficient (Wildman–Crippen LogP) is 1.42. The molecule has 4 heteroatoms. The van der Waals surface area contributed by atoms with Crippen molar-refractivity contribution in [1.82, 2.24) is 0 Å². The van der Waals surface area contributed by atoms with E-state index >= 15 is 0 Å². The monoisotopic (exact) mass is 234 g/mol. The van der Waals surface area contributed by atoms with Gasteiger partial charge < -0.3 is 14.6 Å². The van der Waals surface area contributed by atoms with E-state index in [-0.39, 0.29) is 18.3 Å². The fraction of sp³-hybridized carbons (Fsp3) is 0.615. The van der Waals surface area contributed by atoms with E-state index in [1.165, 1.54) is 0 Å². The van der Waals surface area contributed by atoms with Gasteiger partial charge in [0.05, 0.1) is 12.2 Å². The average molecular weight is 234 g/mol. The normalized spacial score (nSPS) is 42.5. The van der Waals surface area contributed by atoms with Crippen molar-refractivity contribution in [3.05, 3.63) is 22.8 Å². The molecule has 0 saturated carbocycles. The van der Waals surface area contributed by atoms with Crippen LogP contribution in [0.5, 0.6) is 0 Å². The smallest absolute Gasteiger partial charge is 0.331 e. The number of hydrogen-bond donors (Lipinski definition) is 1. The molecule has 17 heavy (non-hydrogen) atoms. The summed E-state index contributed by atoms with van der Waals surface area (Å²) in [4.78, 5) is 11.3. The van der Waals surface area contributed by atoms with Crippen LogP contribution in [0, 0.1) is 0 Å². The molecular weight excluding hydrogens is 220 g/mol. The minimum atomic E-state index is -0.784. The van der Waals surface area contributed by atoms with Gasteiger partial charge >= 0.3 is 5.97 Å². The van der Waals surface area contributed by atoms with Gasteiger partial charge in [-0.3, -0.25) is 0 Å². The summed E-state index contributed by atoms with van der Waals surface area (Å²) in [6.07, 6.45) is 6.50. The summed E-state index contributed by atoms with van der Waals surface area (Å²) in [7, 11) is 0. The molecule has 4 nitrogen and oxygen atoms in total. The lowest BCUT2D eigenvalue weighted by molar-refractivity contribution is -0.132. The van der Waals surface area contributed by atoms with Gasteiger partial charge in [0.25, 0.3) is 0 Å². The zero-order chi connectivity index (χ0) is 11.6. The summed E-state index contributed by atoms with van der Waals surface area (Å²) in [5, 5.41) is 9.28. The minimum absolute atomic E-state index is 0.0522. The van der Waals surface area contributed by atoms with Crippen LogP contribution < -0.4 is 0 Å². The van der Waals surface area contributed by atoms with Gasteiger partial charge in [-0.05, 0) is 42.9 Å². The van der Waals surface area contributed by atoms with Crippen molar-refractivity contribution >= 4 is 5.97 Å². The number of carboxylic acid groups (broad SMARTS) is 1. The molecule has 4 unspecified atom stereocenters. The Bertz CT molecular complexity index is 462. The number of carboxylic acids is 1. The number of fused-ring (bicyclic) bond motifs is 2. The maximum Gasteiger partial charge on any atom is 0.331 e. The molecule has 4 aliphatic rings. The summed E-state index contributed by atoms with van der Waals surface area (Å²) in [5.74, 6) is -0.784. The molecule has 4 atom stereocenters. The highest BCUT2D eigenvalue weighted by Gasteiger charge is 2.49. The number of hydrogen-bond acceptors (Lipinski definition) is 3. The highest BCUT2D eigenvalue weighted by molar-refractivity contribution is 5.89. The van der Waals surface area contributed by atoms with Crippen LogP contribution in [0.15, 0.2) is 22.8 Å². The molecule has 2 heterocycles. The molecule has 0 amide bonds. The SMILES string of the molecule is O=C(O)C1=C(C2=CC3OC3CC2)C2OC2CC1. The van der Waals surface area contributed by atoms with E-state index < -0.39 is 5.97 Å². The molecule has 2 saturated heterocycles. The third-order valence-electron chi connectivity index (χ3n) is 4.16. The van der Waals surface area contributed by atoms with Crippen LogP contribution in [0.3, 0.4) is 0 Å². The Morgan fingerprint density at radius 3 is 2.82 bits per heavy atom. The molecule has 1 N–H and O–H groups in total. The molecule has 0 bridgehead atoms. The van der Waals surface area contributed by atoms with Gasteiger partial charge in [0.2, 0.25) is 0 Å². The first-order valence-electron chi connectivity index (χ1n) is 6.22. The molecule has 2 aliphatic carbocycles. The van der Waals surface area contributed by atoms with Crippen molar-refractivity contribution in [3.8, 4) is 0 Å². The van der Waals surface area contributed by atoms with Gasteiger partial charge in [-0.25, -0.2) is 4.79 Å². The van der Waals surface area contributed by atoms with Crippen LogP contribution in [0.4, 0.5) is 0 Å². The van der Waals surface area contributed by atoms with Crippen LogP contribution >= 0.6 is 0 Å². The standard InChI is InChI=1S/C13H14O4/c14-13(15)7-2-4-9-12(17-9)11(7)6-1-3-8-10(5-6)16-8/h5,8-10,12H,1-4H2,(H,14,15). The highest BCUT2D eigenvalue weighted by Crippen LogP contribution is 2.47. The molecule has 4 rings (SSSR count). The molecule has 90 valence electrons. The first-order valence-corrected chi connectivity index (χ1v) is 6.22. The quantitative estimate of drug-likeness (QED) is 0.734. The van der Waals surface area contributed by atoms with Crippen molar-refractivity contribution in [3.63, 3.8) is 0 Å². The zero-order valence-electron chi connectivity index (χ0n) is 9.39. The Balaban J connectivity index is 1.75. The molecule has 2 aliphatic heterocycles. The molecule has 0 spiro atoms. The van der Waals surface area contributed by atoms with E-state index in [4.69, 9.17) is 9.47 Å². The molecule has 2 fully saturated rings. The number of carbonyl (C=O) groups is 1. The van der Waals surface area contributed by atoms with E-state index in [1.807, 2.05) is 0 Å². The maximum atomic E-state index is 11.3. The second-order valence-electron chi connectivity index (χ2n) is 5.20. The summed E-state index contributed by atoms with van der Waals surface area (Å²) in [6, 6.07) is 0. The van der Waals surface area contributed by atoms with E-state index in [1.54, 1.807) is 0 Å². The van der Waals surface area contributed by atoms with Crippen LogP contribution in [0.1, 0.15) is 25.7 Å². The minimum Gasteiger partial charge on any atom is -0.478 e. The van der Waals surface area contributed by atoms with Crippen molar-refractivity contribution < 1.29 is 19.4 Å². The van der Waals surface area contributed by atoms with Gasteiger partial charge in [-0.15, -0.1) is 0 Å². The molecular formula is C13H14O4. The third kappa shape index (κ3) is 1.47. The number of aliphatic carboxylic acids is 1. The van der Waals surface area contributed by atoms with Gasteiger partial charge in [0.15, 0.2) is 0 Å². The van der Waals surface area contributed by atoms with E-state index in [2.05, 4.69) is 6.08 Å². The Morgan fingerprint density at radius 2 is 2.06 bits per heavy atom.